The smallest absolute Gasteiger partial charge is 0.241 e. The molecule has 1 atom stereocenters. The number of nitrogens with one attached hydrogen (secondary N) is 1. The first-order valence-corrected chi connectivity index (χ1v) is 9.26. The van der Waals surface area contributed by atoms with Crippen molar-refractivity contribution in [1.29, 1.82) is 0 Å². The highest BCUT2D eigenvalue weighted by Crippen LogP contribution is 2.25. The third-order valence-electron chi connectivity index (χ3n) is 5.11. The second-order valence-electron chi connectivity index (χ2n) is 6.84. The van der Waals surface area contributed by atoms with Gasteiger partial charge in [-0.2, -0.15) is 0 Å². The average Bonchev–Trinajstić information content (AvgIpc) is 3.17. The molecule has 1 fully saturated rings. The molecule has 1 saturated heterocycles. The summed E-state index contributed by atoms with van der Waals surface area (Å²) in [6.45, 7) is 1.65. The van der Waals surface area contributed by atoms with Gasteiger partial charge < -0.3 is 10.1 Å². The number of carbonyl (C=O) groups is 1. The maximum absolute atomic E-state index is 12.8. The molecule has 1 aliphatic heterocycles. The van der Waals surface area contributed by atoms with Crippen molar-refractivity contribution in [3.05, 3.63) is 66.4 Å². The van der Waals surface area contributed by atoms with E-state index in [0.717, 1.165) is 53.8 Å². The van der Waals surface area contributed by atoms with Crippen molar-refractivity contribution in [2.75, 3.05) is 19.0 Å². The van der Waals surface area contributed by atoms with E-state index in [1.54, 1.807) is 7.11 Å². The van der Waals surface area contributed by atoms with Gasteiger partial charge in [-0.25, -0.2) is 0 Å². The highest BCUT2D eigenvalue weighted by Gasteiger charge is 2.31. The number of benzene rings is 2. The summed E-state index contributed by atoms with van der Waals surface area (Å²) in [4.78, 5) is 19.6. The third kappa shape index (κ3) is 3.78. The SMILES string of the molecule is COc1ccc(NC(=O)[C@@H]2CCCN2Cc2cccc3cccnc23)cc1. The molecular weight excluding hydrogens is 338 g/mol. The Bertz CT molecular complexity index is 934. The van der Waals surface area contributed by atoms with Crippen LogP contribution in [0, 0.1) is 0 Å². The zero-order valence-electron chi connectivity index (χ0n) is 15.4. The summed E-state index contributed by atoms with van der Waals surface area (Å²) in [5.74, 6) is 0.824. The Morgan fingerprint density at radius 3 is 2.81 bits per heavy atom. The van der Waals surface area contributed by atoms with Crippen molar-refractivity contribution >= 4 is 22.5 Å². The number of amides is 1. The van der Waals surface area contributed by atoms with E-state index in [0.29, 0.717) is 0 Å². The van der Waals surface area contributed by atoms with Gasteiger partial charge in [-0.3, -0.25) is 14.7 Å². The molecule has 1 aliphatic rings. The third-order valence-corrected chi connectivity index (χ3v) is 5.11. The Hall–Kier alpha value is -2.92. The predicted octanol–water partition coefficient (Wildman–Crippen LogP) is 3.85. The summed E-state index contributed by atoms with van der Waals surface area (Å²) in [6.07, 6.45) is 3.72. The molecule has 138 valence electrons. The molecule has 27 heavy (non-hydrogen) atoms. The number of ether oxygens (including phenoxy) is 1. The van der Waals surface area contributed by atoms with Gasteiger partial charge in [-0.15, -0.1) is 0 Å². The normalized spacial score (nSPS) is 17.1. The van der Waals surface area contributed by atoms with E-state index in [1.807, 2.05) is 36.5 Å². The van der Waals surface area contributed by atoms with E-state index in [1.165, 1.54) is 0 Å². The fourth-order valence-electron chi connectivity index (χ4n) is 3.73. The number of fused-ring (bicyclic) bond motifs is 1. The van der Waals surface area contributed by atoms with Gasteiger partial charge in [0.25, 0.3) is 0 Å². The monoisotopic (exact) mass is 361 g/mol. The first-order chi connectivity index (χ1) is 13.2. The van der Waals surface area contributed by atoms with Crippen LogP contribution in [0.5, 0.6) is 5.75 Å². The van der Waals surface area contributed by atoms with Crippen molar-refractivity contribution in [2.24, 2.45) is 0 Å². The van der Waals surface area contributed by atoms with Crippen LogP contribution in [0.3, 0.4) is 0 Å². The Labute approximate surface area is 159 Å². The lowest BCUT2D eigenvalue weighted by atomic mass is 10.1. The van der Waals surface area contributed by atoms with Gasteiger partial charge in [0.05, 0.1) is 18.7 Å². The molecule has 0 spiro atoms. The van der Waals surface area contributed by atoms with Crippen LogP contribution in [0.2, 0.25) is 0 Å². The number of hydrogen-bond donors (Lipinski definition) is 1. The second-order valence-corrected chi connectivity index (χ2v) is 6.84. The molecule has 2 heterocycles. The lowest BCUT2D eigenvalue weighted by Gasteiger charge is -2.24. The van der Waals surface area contributed by atoms with Crippen LogP contribution in [0.4, 0.5) is 5.69 Å². The molecule has 1 amide bonds. The highest BCUT2D eigenvalue weighted by atomic mass is 16.5. The van der Waals surface area contributed by atoms with Gasteiger partial charge in [0.15, 0.2) is 0 Å². The summed E-state index contributed by atoms with van der Waals surface area (Å²) in [5, 5.41) is 4.17. The van der Waals surface area contributed by atoms with Gasteiger partial charge in [-0.05, 0) is 55.3 Å². The molecule has 0 saturated carbocycles. The predicted molar refractivity (Wildman–Crippen MR) is 107 cm³/mol. The van der Waals surface area contributed by atoms with Gasteiger partial charge in [-0.1, -0.05) is 24.3 Å². The molecule has 0 aliphatic carbocycles. The van der Waals surface area contributed by atoms with Crippen LogP contribution in [0.15, 0.2) is 60.8 Å². The van der Waals surface area contributed by atoms with E-state index >= 15 is 0 Å². The Balaban J connectivity index is 1.48. The standard InChI is InChI=1S/C22H23N3O2/c1-27-19-11-9-18(10-12-19)24-22(26)20-8-4-14-25(20)15-17-6-2-5-16-7-3-13-23-21(16)17/h2-3,5-7,9-13,20H,4,8,14-15H2,1H3,(H,24,26)/t20-/m0/s1. The minimum atomic E-state index is -0.119. The number of methoxy groups -OCH3 is 1. The molecule has 0 bridgehead atoms. The molecule has 3 aromatic rings. The number of rotatable bonds is 5. The molecule has 4 rings (SSSR count). The van der Waals surface area contributed by atoms with Crippen LogP contribution < -0.4 is 10.1 Å². The summed E-state index contributed by atoms with van der Waals surface area (Å²) < 4.78 is 5.17. The first-order valence-electron chi connectivity index (χ1n) is 9.26. The van der Waals surface area contributed by atoms with Crippen LogP contribution in [-0.2, 0) is 11.3 Å². The van der Waals surface area contributed by atoms with Crippen molar-refractivity contribution in [2.45, 2.75) is 25.4 Å². The number of para-hydroxylation sites is 1. The lowest BCUT2D eigenvalue weighted by Crippen LogP contribution is -2.39. The molecule has 5 nitrogen and oxygen atoms in total. The van der Waals surface area contributed by atoms with Crippen molar-refractivity contribution in [3.63, 3.8) is 0 Å². The summed E-state index contributed by atoms with van der Waals surface area (Å²) >= 11 is 0. The zero-order valence-corrected chi connectivity index (χ0v) is 15.4. The molecule has 1 aromatic heterocycles. The Kier molecular flexibility index (Phi) is 5.03. The van der Waals surface area contributed by atoms with Gasteiger partial charge >= 0.3 is 0 Å². The van der Waals surface area contributed by atoms with Crippen molar-refractivity contribution < 1.29 is 9.53 Å². The fraction of sp³-hybridized carbons (Fsp3) is 0.273. The van der Waals surface area contributed by atoms with Gasteiger partial charge in [0.1, 0.15) is 5.75 Å². The largest absolute Gasteiger partial charge is 0.497 e. The van der Waals surface area contributed by atoms with Gasteiger partial charge in [0, 0.05) is 23.8 Å². The molecule has 2 aromatic carbocycles. The fourth-order valence-corrected chi connectivity index (χ4v) is 3.73. The zero-order chi connectivity index (χ0) is 18.6. The van der Waals surface area contributed by atoms with E-state index in [-0.39, 0.29) is 11.9 Å². The van der Waals surface area contributed by atoms with Gasteiger partial charge in [0.2, 0.25) is 5.91 Å². The number of hydrogen-bond acceptors (Lipinski definition) is 4. The second kappa shape index (κ2) is 7.76. The van der Waals surface area contributed by atoms with Crippen LogP contribution in [-0.4, -0.2) is 35.5 Å². The number of nitrogens with zero attached hydrogens (tertiary/aromatic N) is 2. The number of likely N-dealkylation sites (tertiary alicyclic amines) is 1. The lowest BCUT2D eigenvalue weighted by molar-refractivity contribution is -0.120. The molecule has 1 N–H and O–H groups in total. The molecule has 0 radical (unpaired) electrons. The average molecular weight is 361 g/mol. The number of carbonyl (C=O) groups excluding carboxylic acids is 1. The molecule has 0 unspecified atom stereocenters. The minimum Gasteiger partial charge on any atom is -0.497 e. The van der Waals surface area contributed by atoms with Crippen LogP contribution >= 0.6 is 0 Å². The quantitative estimate of drug-likeness (QED) is 0.750. The van der Waals surface area contributed by atoms with Crippen molar-refractivity contribution in [3.8, 4) is 5.75 Å². The minimum absolute atomic E-state index is 0.0471. The maximum Gasteiger partial charge on any atom is 0.241 e. The van der Waals surface area contributed by atoms with E-state index in [2.05, 4.69) is 39.5 Å². The van der Waals surface area contributed by atoms with E-state index in [9.17, 15) is 4.79 Å². The van der Waals surface area contributed by atoms with Crippen LogP contribution in [0.25, 0.3) is 10.9 Å². The topological polar surface area (TPSA) is 54.5 Å². The van der Waals surface area contributed by atoms with Crippen molar-refractivity contribution in [1.82, 2.24) is 9.88 Å². The Morgan fingerprint density at radius 2 is 2.00 bits per heavy atom. The summed E-state index contributed by atoms with van der Waals surface area (Å²) in [5.41, 5.74) is 2.97. The summed E-state index contributed by atoms with van der Waals surface area (Å²) in [7, 11) is 1.63. The number of pyridine rings is 1. The molecule has 5 heteroatoms. The Morgan fingerprint density at radius 1 is 1.19 bits per heavy atom. The summed E-state index contributed by atoms with van der Waals surface area (Å²) in [6, 6.07) is 17.6. The van der Waals surface area contributed by atoms with Crippen LogP contribution in [0.1, 0.15) is 18.4 Å². The van der Waals surface area contributed by atoms with E-state index < -0.39 is 0 Å². The highest BCUT2D eigenvalue weighted by molar-refractivity contribution is 5.95. The number of aromatic nitrogens is 1. The maximum atomic E-state index is 12.8. The molecular formula is C22H23N3O2. The van der Waals surface area contributed by atoms with E-state index in [4.69, 9.17) is 4.74 Å². The first kappa shape index (κ1) is 17.5. The number of anilines is 1.